The molecule has 1 aromatic heterocycles. The van der Waals surface area contributed by atoms with Gasteiger partial charge in [0.15, 0.2) is 0 Å². The Kier molecular flexibility index (Phi) is 2.79. The zero-order valence-corrected chi connectivity index (χ0v) is 10.5. The minimum absolute atomic E-state index is 0.712. The number of rotatable bonds is 2. The molecule has 0 saturated carbocycles. The van der Waals surface area contributed by atoms with Gasteiger partial charge in [-0.15, -0.1) is 11.3 Å². The van der Waals surface area contributed by atoms with Gasteiger partial charge in [-0.25, -0.2) is 0 Å². The standard InChI is InChI=1S/C11H11BrOS/c1-3-13-10-6-9(12)8-4-5-14-11(8)7(10)2/h4-6H,3H2,1-2H3. The zero-order valence-electron chi connectivity index (χ0n) is 8.13. The number of halogens is 1. The molecule has 0 saturated heterocycles. The molecule has 0 fully saturated rings. The van der Waals surface area contributed by atoms with Gasteiger partial charge in [0.05, 0.1) is 6.61 Å². The first-order valence-corrected chi connectivity index (χ1v) is 6.20. The van der Waals surface area contributed by atoms with E-state index in [1.807, 2.05) is 13.0 Å². The summed E-state index contributed by atoms with van der Waals surface area (Å²) in [6, 6.07) is 4.18. The third-order valence-electron chi connectivity index (χ3n) is 2.19. The van der Waals surface area contributed by atoms with Crippen LogP contribution in [0.5, 0.6) is 5.75 Å². The number of fused-ring (bicyclic) bond motifs is 1. The summed E-state index contributed by atoms with van der Waals surface area (Å²) in [6.07, 6.45) is 0. The van der Waals surface area contributed by atoms with Crippen molar-refractivity contribution in [2.45, 2.75) is 13.8 Å². The monoisotopic (exact) mass is 270 g/mol. The Hall–Kier alpha value is -0.540. The number of ether oxygens (including phenoxy) is 1. The van der Waals surface area contributed by atoms with Crippen LogP contribution in [0, 0.1) is 6.92 Å². The molecule has 0 aliphatic heterocycles. The Labute approximate surface area is 95.8 Å². The summed E-state index contributed by atoms with van der Waals surface area (Å²) in [5.74, 6) is 0.981. The van der Waals surface area contributed by atoms with Crippen molar-refractivity contribution >= 4 is 37.4 Å². The van der Waals surface area contributed by atoms with Crippen molar-refractivity contribution in [1.29, 1.82) is 0 Å². The molecule has 0 unspecified atom stereocenters. The average Bonchev–Trinajstić information content (AvgIpc) is 2.63. The normalized spacial score (nSPS) is 10.8. The highest BCUT2D eigenvalue weighted by atomic mass is 79.9. The second-order valence-electron chi connectivity index (χ2n) is 3.08. The summed E-state index contributed by atoms with van der Waals surface area (Å²) in [5, 5.41) is 3.38. The van der Waals surface area contributed by atoms with Gasteiger partial charge in [-0.05, 0) is 47.3 Å². The van der Waals surface area contributed by atoms with Crippen molar-refractivity contribution in [3.8, 4) is 5.75 Å². The first kappa shape index (κ1) is 9.99. The first-order chi connectivity index (χ1) is 6.74. The Morgan fingerprint density at radius 1 is 1.50 bits per heavy atom. The maximum Gasteiger partial charge on any atom is 0.124 e. The SMILES string of the molecule is CCOc1cc(Br)c2ccsc2c1C. The lowest BCUT2D eigenvalue weighted by Crippen LogP contribution is -1.93. The molecule has 0 N–H and O–H groups in total. The first-order valence-electron chi connectivity index (χ1n) is 4.53. The van der Waals surface area contributed by atoms with E-state index in [-0.39, 0.29) is 0 Å². The van der Waals surface area contributed by atoms with Crippen LogP contribution >= 0.6 is 27.3 Å². The molecule has 1 nitrogen and oxygen atoms in total. The highest BCUT2D eigenvalue weighted by Gasteiger charge is 2.08. The molecule has 0 atom stereocenters. The van der Waals surface area contributed by atoms with E-state index in [9.17, 15) is 0 Å². The molecular weight excluding hydrogens is 260 g/mol. The van der Waals surface area contributed by atoms with Crippen LogP contribution in [0.1, 0.15) is 12.5 Å². The van der Waals surface area contributed by atoms with E-state index in [1.165, 1.54) is 15.6 Å². The second-order valence-corrected chi connectivity index (χ2v) is 4.85. The van der Waals surface area contributed by atoms with Gasteiger partial charge in [-0.2, -0.15) is 0 Å². The maximum absolute atomic E-state index is 5.57. The Morgan fingerprint density at radius 3 is 3.00 bits per heavy atom. The van der Waals surface area contributed by atoms with Crippen molar-refractivity contribution in [1.82, 2.24) is 0 Å². The minimum Gasteiger partial charge on any atom is -0.494 e. The van der Waals surface area contributed by atoms with Gasteiger partial charge in [0.2, 0.25) is 0 Å². The summed E-state index contributed by atoms with van der Waals surface area (Å²) < 4.78 is 7.99. The molecule has 74 valence electrons. The van der Waals surface area contributed by atoms with Crippen molar-refractivity contribution in [2.75, 3.05) is 6.61 Å². The van der Waals surface area contributed by atoms with E-state index < -0.39 is 0 Å². The van der Waals surface area contributed by atoms with E-state index in [2.05, 4.69) is 34.3 Å². The Balaban J connectivity index is 2.68. The largest absolute Gasteiger partial charge is 0.494 e. The fourth-order valence-electron chi connectivity index (χ4n) is 1.51. The van der Waals surface area contributed by atoms with E-state index in [0.29, 0.717) is 6.61 Å². The molecule has 0 spiro atoms. The van der Waals surface area contributed by atoms with Gasteiger partial charge in [0, 0.05) is 20.1 Å². The molecule has 0 amide bonds. The average molecular weight is 271 g/mol. The summed E-state index contributed by atoms with van der Waals surface area (Å²) >= 11 is 5.32. The number of hydrogen-bond acceptors (Lipinski definition) is 2. The Morgan fingerprint density at radius 2 is 2.29 bits per heavy atom. The van der Waals surface area contributed by atoms with Crippen LogP contribution in [0.15, 0.2) is 22.0 Å². The van der Waals surface area contributed by atoms with Crippen molar-refractivity contribution < 1.29 is 4.74 Å². The summed E-state index contributed by atoms with van der Waals surface area (Å²) in [6.45, 7) is 4.83. The fraction of sp³-hybridized carbons (Fsp3) is 0.273. The van der Waals surface area contributed by atoms with Crippen LogP contribution in [-0.2, 0) is 0 Å². The molecule has 1 heterocycles. The number of benzene rings is 1. The minimum atomic E-state index is 0.712. The van der Waals surface area contributed by atoms with Crippen LogP contribution in [0.3, 0.4) is 0 Å². The number of aryl methyl sites for hydroxylation is 1. The van der Waals surface area contributed by atoms with E-state index >= 15 is 0 Å². The number of hydrogen-bond donors (Lipinski definition) is 0. The number of thiophene rings is 1. The summed E-state index contributed by atoms with van der Waals surface area (Å²) in [5.41, 5.74) is 1.24. The molecule has 14 heavy (non-hydrogen) atoms. The van der Waals surface area contributed by atoms with Gasteiger partial charge in [-0.3, -0.25) is 0 Å². The highest BCUT2D eigenvalue weighted by molar-refractivity contribution is 9.10. The molecule has 0 aliphatic carbocycles. The summed E-state index contributed by atoms with van der Waals surface area (Å²) in [4.78, 5) is 0. The van der Waals surface area contributed by atoms with Crippen LogP contribution in [0.25, 0.3) is 10.1 Å². The fourth-order valence-corrected chi connectivity index (χ4v) is 3.10. The third-order valence-corrected chi connectivity index (χ3v) is 3.88. The molecule has 2 aromatic rings. The van der Waals surface area contributed by atoms with Crippen molar-refractivity contribution in [2.24, 2.45) is 0 Å². The Bertz CT molecular complexity index is 462. The molecule has 0 bridgehead atoms. The second kappa shape index (κ2) is 3.91. The third kappa shape index (κ3) is 1.55. The quantitative estimate of drug-likeness (QED) is 0.788. The van der Waals surface area contributed by atoms with Crippen molar-refractivity contribution in [3.05, 3.63) is 27.5 Å². The zero-order chi connectivity index (χ0) is 10.1. The lowest BCUT2D eigenvalue weighted by Gasteiger charge is -2.08. The van der Waals surface area contributed by atoms with Gasteiger partial charge in [0.1, 0.15) is 5.75 Å². The highest BCUT2D eigenvalue weighted by Crippen LogP contribution is 2.36. The topological polar surface area (TPSA) is 9.23 Å². The van der Waals surface area contributed by atoms with Crippen LogP contribution in [0.4, 0.5) is 0 Å². The lowest BCUT2D eigenvalue weighted by molar-refractivity contribution is 0.338. The molecule has 0 radical (unpaired) electrons. The van der Waals surface area contributed by atoms with Crippen molar-refractivity contribution in [3.63, 3.8) is 0 Å². The van der Waals surface area contributed by atoms with Gasteiger partial charge < -0.3 is 4.74 Å². The predicted molar refractivity (Wildman–Crippen MR) is 65.4 cm³/mol. The van der Waals surface area contributed by atoms with Gasteiger partial charge in [0.25, 0.3) is 0 Å². The van der Waals surface area contributed by atoms with Crippen LogP contribution in [0.2, 0.25) is 0 Å². The summed E-state index contributed by atoms with van der Waals surface area (Å²) in [7, 11) is 0. The molecule has 2 rings (SSSR count). The van der Waals surface area contributed by atoms with Crippen LogP contribution < -0.4 is 4.74 Å². The van der Waals surface area contributed by atoms with Gasteiger partial charge >= 0.3 is 0 Å². The smallest absolute Gasteiger partial charge is 0.124 e. The molecule has 1 aromatic carbocycles. The predicted octanol–water partition coefficient (Wildman–Crippen LogP) is 4.37. The molecule has 3 heteroatoms. The van der Waals surface area contributed by atoms with Crippen LogP contribution in [-0.4, -0.2) is 6.61 Å². The molecule has 0 aliphatic rings. The van der Waals surface area contributed by atoms with E-state index in [0.717, 1.165) is 10.2 Å². The van der Waals surface area contributed by atoms with E-state index in [4.69, 9.17) is 4.74 Å². The lowest BCUT2D eigenvalue weighted by atomic mass is 10.1. The van der Waals surface area contributed by atoms with Gasteiger partial charge in [-0.1, -0.05) is 0 Å². The van der Waals surface area contributed by atoms with E-state index in [1.54, 1.807) is 11.3 Å². The molecular formula is C11H11BrOS. The maximum atomic E-state index is 5.57.